The van der Waals surface area contributed by atoms with Crippen molar-refractivity contribution < 1.29 is 69.6 Å². The number of aliphatic hydroxyl groups is 9. The molecule has 9 N–H and O–H groups in total. The van der Waals surface area contributed by atoms with E-state index >= 15 is 0 Å². The van der Waals surface area contributed by atoms with Crippen LogP contribution in [0, 0.1) is 0 Å². The molecule has 0 aromatic heterocycles. The molecule has 0 amide bonds. The van der Waals surface area contributed by atoms with Crippen LogP contribution in [0.15, 0.2) is 0 Å². The Morgan fingerprint density at radius 1 is 0.656 bits per heavy atom. The van der Waals surface area contributed by atoms with Crippen LogP contribution < -0.4 is 0 Å². The molecule has 3 aliphatic heterocycles. The van der Waals surface area contributed by atoms with Crippen molar-refractivity contribution in [2.24, 2.45) is 0 Å². The summed E-state index contributed by atoms with van der Waals surface area (Å²) in [6.45, 7) is -0.213. The first kappa shape index (κ1) is 26.1. The predicted molar refractivity (Wildman–Crippen MR) is 98.7 cm³/mol. The standard InChI is InChI=1S/C18H32O14/c1-5-9(22)12(25)15(8(3-20)29-5)31-18-14(27)16(11(24)7(2-19)30-18)32-17-13(26)10(23)6(21)4-28-17/h5-27H,2-4H2,1H3/t5-,6+,7+,8+,9-,10-,11+,12+,13+,14+,15-,16-,17-,18+/m0/s1. The van der Waals surface area contributed by atoms with E-state index in [2.05, 4.69) is 0 Å². The van der Waals surface area contributed by atoms with Crippen molar-refractivity contribution in [2.45, 2.75) is 92.8 Å². The Labute approximate surface area is 183 Å². The van der Waals surface area contributed by atoms with Crippen LogP contribution in [-0.2, 0) is 23.7 Å². The SMILES string of the molecule is C[C@@H]1O[C@H](CO)[C@H](O[C@H]2O[C@H](CO)[C@@H](O)[C@H](O[C@@H]3OC[C@@H](O)[C@H](O)[C@H]3O)[C@H]2O)[C@H](O)[C@H]1O. The van der Waals surface area contributed by atoms with E-state index in [1.807, 2.05) is 0 Å². The van der Waals surface area contributed by atoms with Crippen molar-refractivity contribution in [3.8, 4) is 0 Å². The van der Waals surface area contributed by atoms with Gasteiger partial charge in [-0.05, 0) is 6.92 Å². The highest BCUT2D eigenvalue weighted by Crippen LogP contribution is 2.31. The third-order valence-corrected chi connectivity index (χ3v) is 5.96. The second kappa shape index (κ2) is 10.8. The Morgan fingerprint density at radius 3 is 1.91 bits per heavy atom. The number of hydrogen-bond acceptors (Lipinski definition) is 14. The van der Waals surface area contributed by atoms with Gasteiger partial charge in [0.15, 0.2) is 12.6 Å². The van der Waals surface area contributed by atoms with E-state index < -0.39 is 99.0 Å². The van der Waals surface area contributed by atoms with Crippen molar-refractivity contribution in [1.29, 1.82) is 0 Å². The summed E-state index contributed by atoms with van der Waals surface area (Å²) in [6.07, 6.45) is -20.3. The molecule has 14 nitrogen and oxygen atoms in total. The quantitative estimate of drug-likeness (QED) is 0.175. The minimum absolute atomic E-state index is 0.387. The highest BCUT2D eigenvalue weighted by Gasteiger charge is 2.52. The van der Waals surface area contributed by atoms with E-state index in [1.165, 1.54) is 6.92 Å². The molecule has 0 radical (unpaired) electrons. The van der Waals surface area contributed by atoms with Gasteiger partial charge in [-0.25, -0.2) is 0 Å². The molecule has 14 heteroatoms. The molecule has 3 heterocycles. The van der Waals surface area contributed by atoms with Crippen LogP contribution in [0.4, 0.5) is 0 Å². The van der Waals surface area contributed by atoms with Crippen LogP contribution >= 0.6 is 0 Å². The number of rotatable bonds is 6. The molecule has 32 heavy (non-hydrogen) atoms. The summed E-state index contributed by atoms with van der Waals surface area (Å²) in [7, 11) is 0. The zero-order valence-electron chi connectivity index (χ0n) is 17.3. The van der Waals surface area contributed by atoms with E-state index in [4.69, 9.17) is 23.7 Å². The maximum Gasteiger partial charge on any atom is 0.187 e. The van der Waals surface area contributed by atoms with E-state index in [0.29, 0.717) is 0 Å². The Morgan fingerprint density at radius 2 is 1.28 bits per heavy atom. The van der Waals surface area contributed by atoms with Gasteiger partial charge in [-0.15, -0.1) is 0 Å². The van der Waals surface area contributed by atoms with Crippen molar-refractivity contribution >= 4 is 0 Å². The van der Waals surface area contributed by atoms with E-state index in [-0.39, 0.29) is 6.61 Å². The Bertz CT molecular complexity index is 594. The summed E-state index contributed by atoms with van der Waals surface area (Å²) in [6, 6.07) is 0. The fourth-order valence-corrected chi connectivity index (χ4v) is 3.98. The molecule has 3 saturated heterocycles. The van der Waals surface area contributed by atoms with Gasteiger partial charge in [0.25, 0.3) is 0 Å². The molecule has 0 bridgehead atoms. The molecular weight excluding hydrogens is 440 g/mol. The molecule has 0 unspecified atom stereocenters. The molecule has 3 fully saturated rings. The van der Waals surface area contributed by atoms with Gasteiger partial charge < -0.3 is 69.6 Å². The first-order chi connectivity index (χ1) is 15.1. The summed E-state index contributed by atoms with van der Waals surface area (Å²) >= 11 is 0. The van der Waals surface area contributed by atoms with Gasteiger partial charge in [0.05, 0.1) is 25.9 Å². The summed E-state index contributed by atoms with van der Waals surface area (Å²) < 4.78 is 26.9. The maximum atomic E-state index is 10.7. The Hall–Kier alpha value is -0.560. The first-order valence-corrected chi connectivity index (χ1v) is 10.3. The van der Waals surface area contributed by atoms with E-state index in [1.54, 1.807) is 0 Å². The van der Waals surface area contributed by atoms with Gasteiger partial charge >= 0.3 is 0 Å². The van der Waals surface area contributed by atoms with Gasteiger partial charge in [-0.2, -0.15) is 0 Å². The van der Waals surface area contributed by atoms with Crippen LogP contribution in [0.5, 0.6) is 0 Å². The lowest BCUT2D eigenvalue weighted by Crippen LogP contribution is -2.65. The second-order valence-electron chi connectivity index (χ2n) is 8.20. The first-order valence-electron chi connectivity index (χ1n) is 10.3. The summed E-state index contributed by atoms with van der Waals surface area (Å²) in [5, 5.41) is 90.2. The third-order valence-electron chi connectivity index (χ3n) is 5.96. The third kappa shape index (κ3) is 5.08. The zero-order chi connectivity index (χ0) is 23.7. The average Bonchev–Trinajstić information content (AvgIpc) is 2.78. The van der Waals surface area contributed by atoms with Crippen molar-refractivity contribution in [3.05, 3.63) is 0 Å². The molecule has 3 rings (SSSR count). The number of aliphatic hydroxyl groups excluding tert-OH is 9. The molecule has 0 aromatic carbocycles. The van der Waals surface area contributed by atoms with Crippen LogP contribution in [0.25, 0.3) is 0 Å². The lowest BCUT2D eigenvalue weighted by molar-refractivity contribution is -0.367. The van der Waals surface area contributed by atoms with E-state index in [0.717, 1.165) is 0 Å². The molecular formula is C18H32O14. The van der Waals surface area contributed by atoms with Gasteiger partial charge in [-0.1, -0.05) is 0 Å². The fourth-order valence-electron chi connectivity index (χ4n) is 3.98. The largest absolute Gasteiger partial charge is 0.394 e. The molecule has 188 valence electrons. The fraction of sp³-hybridized carbons (Fsp3) is 1.00. The van der Waals surface area contributed by atoms with E-state index in [9.17, 15) is 46.0 Å². The second-order valence-corrected chi connectivity index (χ2v) is 8.20. The van der Waals surface area contributed by atoms with Gasteiger partial charge in [0.1, 0.15) is 67.1 Å². The topological polar surface area (TPSA) is 228 Å². The summed E-state index contributed by atoms with van der Waals surface area (Å²) in [4.78, 5) is 0. The highest BCUT2D eigenvalue weighted by atomic mass is 16.7. The van der Waals surface area contributed by atoms with Gasteiger partial charge in [0.2, 0.25) is 0 Å². The van der Waals surface area contributed by atoms with Crippen LogP contribution in [0.3, 0.4) is 0 Å². The molecule has 3 aliphatic rings. The minimum Gasteiger partial charge on any atom is -0.394 e. The Kier molecular flexibility index (Phi) is 8.79. The number of hydrogen-bond donors (Lipinski definition) is 9. The van der Waals surface area contributed by atoms with Crippen LogP contribution in [0.2, 0.25) is 0 Å². The summed E-state index contributed by atoms with van der Waals surface area (Å²) in [5.41, 5.74) is 0. The smallest absolute Gasteiger partial charge is 0.187 e. The monoisotopic (exact) mass is 472 g/mol. The average molecular weight is 472 g/mol. The van der Waals surface area contributed by atoms with Crippen molar-refractivity contribution in [3.63, 3.8) is 0 Å². The Balaban J connectivity index is 1.75. The molecule has 14 atom stereocenters. The lowest BCUT2D eigenvalue weighted by atomic mass is 9.94. The van der Waals surface area contributed by atoms with Crippen molar-refractivity contribution in [1.82, 2.24) is 0 Å². The lowest BCUT2D eigenvalue weighted by Gasteiger charge is -2.47. The van der Waals surface area contributed by atoms with Crippen LogP contribution in [0.1, 0.15) is 6.92 Å². The molecule has 0 saturated carbocycles. The van der Waals surface area contributed by atoms with Gasteiger partial charge in [-0.3, -0.25) is 0 Å². The molecule has 0 aromatic rings. The number of ether oxygens (including phenoxy) is 5. The normalized spacial score (nSPS) is 52.7. The highest BCUT2D eigenvalue weighted by molar-refractivity contribution is 4.96. The molecule has 0 spiro atoms. The van der Waals surface area contributed by atoms with Crippen LogP contribution in [-0.4, -0.2) is 152 Å². The zero-order valence-corrected chi connectivity index (χ0v) is 17.3. The predicted octanol–water partition coefficient (Wildman–Crippen LogP) is -5.86. The summed E-state index contributed by atoms with van der Waals surface area (Å²) in [5.74, 6) is 0. The van der Waals surface area contributed by atoms with Gasteiger partial charge in [0, 0.05) is 0 Å². The van der Waals surface area contributed by atoms with Crippen molar-refractivity contribution in [2.75, 3.05) is 19.8 Å². The minimum atomic E-state index is -1.77. The maximum absolute atomic E-state index is 10.7. The molecule has 0 aliphatic carbocycles.